The topological polar surface area (TPSA) is 40.5 Å². The van der Waals surface area contributed by atoms with Crippen molar-refractivity contribution in [3.8, 4) is 10.6 Å². The zero-order valence-corrected chi connectivity index (χ0v) is 19.9. The third-order valence-corrected chi connectivity index (χ3v) is 7.32. The minimum atomic E-state index is -0.197. The maximum atomic E-state index is 13.1. The monoisotopic (exact) mass is 476 g/mol. The summed E-state index contributed by atoms with van der Waals surface area (Å²) in [4.78, 5) is 18.7. The van der Waals surface area contributed by atoms with Crippen molar-refractivity contribution in [2.45, 2.75) is 13.0 Å². The van der Waals surface area contributed by atoms with E-state index < -0.39 is 0 Å². The third kappa shape index (κ3) is 5.16. The molecule has 4 aromatic rings. The molecule has 1 aliphatic rings. The number of nitrogens with one attached hydrogen (secondary N) is 1. The molecular formula is C27H29FN4OS. The Bertz CT molecular complexity index is 1230. The van der Waals surface area contributed by atoms with Crippen molar-refractivity contribution in [3.63, 3.8) is 0 Å². The molecular weight excluding hydrogens is 447 g/mol. The van der Waals surface area contributed by atoms with Crippen molar-refractivity contribution in [2.24, 2.45) is 0 Å². The smallest absolute Gasteiger partial charge is 0.239 e. The lowest BCUT2D eigenvalue weighted by molar-refractivity contribution is -0.121. The van der Waals surface area contributed by atoms with Gasteiger partial charge in [0.15, 0.2) is 0 Å². The molecule has 0 atom stereocenters. The Morgan fingerprint density at radius 1 is 0.971 bits per heavy atom. The number of thiophene rings is 1. The molecule has 0 radical (unpaired) electrons. The van der Waals surface area contributed by atoms with Crippen molar-refractivity contribution in [1.82, 2.24) is 14.8 Å². The number of hydrogen-bond donors (Lipinski definition) is 1. The summed E-state index contributed by atoms with van der Waals surface area (Å²) in [6.45, 7) is 5.77. The van der Waals surface area contributed by atoms with E-state index in [2.05, 4.69) is 49.3 Å². The minimum Gasteiger partial charge on any atom is -0.369 e. The van der Waals surface area contributed by atoms with Gasteiger partial charge in [-0.15, -0.1) is 11.3 Å². The zero-order valence-electron chi connectivity index (χ0n) is 19.1. The van der Waals surface area contributed by atoms with Crippen LogP contribution in [0, 0.1) is 5.82 Å². The molecule has 2 aromatic carbocycles. The number of anilines is 1. The molecule has 5 rings (SSSR count). The van der Waals surface area contributed by atoms with Gasteiger partial charge in [-0.2, -0.15) is 0 Å². The van der Waals surface area contributed by atoms with Gasteiger partial charge in [-0.1, -0.05) is 24.3 Å². The lowest BCUT2D eigenvalue weighted by Crippen LogP contribution is -2.47. The van der Waals surface area contributed by atoms with E-state index >= 15 is 0 Å². The maximum Gasteiger partial charge on any atom is 0.239 e. The highest BCUT2D eigenvalue weighted by atomic mass is 32.1. The van der Waals surface area contributed by atoms with Crippen molar-refractivity contribution in [2.75, 3.05) is 44.2 Å². The first-order valence-electron chi connectivity index (χ1n) is 11.8. The number of para-hydroxylation sites is 1. The van der Waals surface area contributed by atoms with Gasteiger partial charge in [-0.3, -0.25) is 9.69 Å². The summed E-state index contributed by atoms with van der Waals surface area (Å²) in [6, 6.07) is 21.3. The number of carbonyl (C=O) groups is 1. The fourth-order valence-electron chi connectivity index (χ4n) is 4.62. The van der Waals surface area contributed by atoms with Crippen LogP contribution in [0.5, 0.6) is 0 Å². The fourth-order valence-corrected chi connectivity index (χ4v) is 5.37. The van der Waals surface area contributed by atoms with Gasteiger partial charge in [0.25, 0.3) is 0 Å². The Balaban J connectivity index is 1.10. The number of rotatable bonds is 8. The molecule has 0 unspecified atom stereocenters. The first kappa shape index (κ1) is 22.6. The van der Waals surface area contributed by atoms with Crippen LogP contribution in [-0.4, -0.2) is 54.6 Å². The molecule has 34 heavy (non-hydrogen) atoms. The average Bonchev–Trinajstić information content (AvgIpc) is 3.51. The standard InChI is InChI=1S/C27H29FN4OS/c28-22-8-10-23(11-9-22)31-16-14-30(15-17-31)13-4-12-29-27(33)20-32-24-6-2-1-5-21(24)19-25(32)26-7-3-18-34-26/h1-3,5-11,18-19H,4,12-17,20H2,(H,29,33). The van der Waals surface area contributed by atoms with Crippen LogP contribution in [0.15, 0.2) is 72.1 Å². The highest BCUT2D eigenvalue weighted by Crippen LogP contribution is 2.31. The molecule has 7 heteroatoms. The van der Waals surface area contributed by atoms with E-state index in [-0.39, 0.29) is 11.7 Å². The van der Waals surface area contributed by atoms with Crippen molar-refractivity contribution < 1.29 is 9.18 Å². The number of aromatic nitrogens is 1. The van der Waals surface area contributed by atoms with E-state index in [0.717, 1.165) is 61.4 Å². The molecule has 0 bridgehead atoms. The van der Waals surface area contributed by atoms with Gasteiger partial charge in [-0.25, -0.2) is 4.39 Å². The molecule has 1 fully saturated rings. The summed E-state index contributed by atoms with van der Waals surface area (Å²) in [7, 11) is 0. The summed E-state index contributed by atoms with van der Waals surface area (Å²) in [5.74, 6) is -0.155. The van der Waals surface area contributed by atoms with Crippen LogP contribution in [0.25, 0.3) is 21.5 Å². The maximum absolute atomic E-state index is 13.1. The number of piperazine rings is 1. The van der Waals surface area contributed by atoms with E-state index in [1.54, 1.807) is 11.3 Å². The van der Waals surface area contributed by atoms with Gasteiger partial charge in [0.05, 0.1) is 10.6 Å². The number of nitrogens with zero attached hydrogens (tertiary/aromatic N) is 3. The van der Waals surface area contributed by atoms with Crippen LogP contribution in [-0.2, 0) is 11.3 Å². The average molecular weight is 477 g/mol. The Morgan fingerprint density at radius 3 is 2.53 bits per heavy atom. The molecule has 5 nitrogen and oxygen atoms in total. The van der Waals surface area contributed by atoms with Gasteiger partial charge in [-0.05, 0) is 60.8 Å². The van der Waals surface area contributed by atoms with E-state index in [4.69, 9.17) is 0 Å². The lowest BCUT2D eigenvalue weighted by Gasteiger charge is -2.36. The normalized spacial score (nSPS) is 14.6. The molecule has 0 aliphatic carbocycles. The molecule has 1 amide bonds. The van der Waals surface area contributed by atoms with E-state index in [0.29, 0.717) is 13.1 Å². The SMILES string of the molecule is O=C(Cn1c(-c2cccs2)cc2ccccc21)NCCCN1CCN(c2ccc(F)cc2)CC1. The Kier molecular flexibility index (Phi) is 6.92. The summed E-state index contributed by atoms with van der Waals surface area (Å²) in [5.41, 5.74) is 3.25. The molecule has 0 saturated carbocycles. The molecule has 0 spiro atoms. The number of hydrogen-bond acceptors (Lipinski definition) is 4. The molecule has 1 saturated heterocycles. The van der Waals surface area contributed by atoms with Crippen LogP contribution in [0.1, 0.15) is 6.42 Å². The molecule has 1 aliphatic heterocycles. The second-order valence-electron chi connectivity index (χ2n) is 8.66. The quantitative estimate of drug-likeness (QED) is 0.370. The van der Waals surface area contributed by atoms with Gasteiger partial charge in [0.1, 0.15) is 12.4 Å². The summed E-state index contributed by atoms with van der Waals surface area (Å²) < 4.78 is 15.3. The zero-order chi connectivity index (χ0) is 23.3. The van der Waals surface area contributed by atoms with Gasteiger partial charge >= 0.3 is 0 Å². The molecule has 2 aromatic heterocycles. The number of amides is 1. The molecule has 176 valence electrons. The van der Waals surface area contributed by atoms with Crippen molar-refractivity contribution in [3.05, 3.63) is 77.9 Å². The molecule has 3 heterocycles. The number of fused-ring (bicyclic) bond motifs is 1. The first-order valence-corrected chi connectivity index (χ1v) is 12.7. The second-order valence-corrected chi connectivity index (χ2v) is 9.61. The summed E-state index contributed by atoms with van der Waals surface area (Å²) in [6.07, 6.45) is 0.923. The van der Waals surface area contributed by atoms with Gasteiger partial charge in [0, 0.05) is 49.3 Å². The number of halogens is 1. The van der Waals surface area contributed by atoms with E-state index in [1.165, 1.54) is 17.0 Å². The van der Waals surface area contributed by atoms with Gasteiger partial charge < -0.3 is 14.8 Å². The summed E-state index contributed by atoms with van der Waals surface area (Å²) in [5, 5.41) is 6.33. The third-order valence-electron chi connectivity index (χ3n) is 6.42. The lowest BCUT2D eigenvalue weighted by atomic mass is 10.2. The Labute approximate surface area is 203 Å². The highest BCUT2D eigenvalue weighted by molar-refractivity contribution is 7.13. The Morgan fingerprint density at radius 2 is 1.76 bits per heavy atom. The number of benzene rings is 2. The molecule has 1 N–H and O–H groups in total. The van der Waals surface area contributed by atoms with Crippen LogP contribution >= 0.6 is 11.3 Å². The van der Waals surface area contributed by atoms with Crippen LogP contribution in [0.3, 0.4) is 0 Å². The predicted molar refractivity (Wildman–Crippen MR) is 138 cm³/mol. The Hall–Kier alpha value is -3.16. The van der Waals surface area contributed by atoms with Gasteiger partial charge in [0.2, 0.25) is 5.91 Å². The van der Waals surface area contributed by atoms with Crippen molar-refractivity contribution in [1.29, 1.82) is 0 Å². The van der Waals surface area contributed by atoms with Crippen LogP contribution < -0.4 is 10.2 Å². The van der Waals surface area contributed by atoms with Crippen molar-refractivity contribution >= 4 is 33.8 Å². The number of carbonyl (C=O) groups excluding carboxylic acids is 1. The van der Waals surface area contributed by atoms with Crippen LogP contribution in [0.4, 0.5) is 10.1 Å². The largest absolute Gasteiger partial charge is 0.369 e. The summed E-state index contributed by atoms with van der Waals surface area (Å²) >= 11 is 1.69. The second kappa shape index (κ2) is 10.4. The minimum absolute atomic E-state index is 0.0419. The fraction of sp³-hybridized carbons (Fsp3) is 0.296. The van der Waals surface area contributed by atoms with Crippen LogP contribution in [0.2, 0.25) is 0 Å². The predicted octanol–water partition coefficient (Wildman–Crippen LogP) is 4.84. The first-order chi connectivity index (χ1) is 16.7. The van der Waals surface area contributed by atoms with E-state index in [1.807, 2.05) is 30.3 Å². The van der Waals surface area contributed by atoms with E-state index in [9.17, 15) is 9.18 Å². The highest BCUT2D eigenvalue weighted by Gasteiger charge is 2.17.